The lowest BCUT2D eigenvalue weighted by atomic mass is 10.3. The van der Waals surface area contributed by atoms with E-state index in [1.165, 1.54) is 48.9 Å². The van der Waals surface area contributed by atoms with Crippen molar-refractivity contribution in [3.63, 3.8) is 0 Å². The molecule has 2 heterocycles. The van der Waals surface area contributed by atoms with Gasteiger partial charge in [-0.05, 0) is 13.8 Å². The molecule has 0 saturated carbocycles. The SMILES string of the molecule is CC(=O)C(O[P+](=O)OC(C(C)=O)c1nccs1)c1nccs1. The highest BCUT2D eigenvalue weighted by atomic mass is 32.1. The predicted molar refractivity (Wildman–Crippen MR) is 80.8 cm³/mol. The van der Waals surface area contributed by atoms with Crippen molar-refractivity contribution in [1.82, 2.24) is 9.97 Å². The fourth-order valence-corrected chi connectivity index (χ4v) is 3.99. The summed E-state index contributed by atoms with van der Waals surface area (Å²) in [5.41, 5.74) is 0. The second-order valence-electron chi connectivity index (χ2n) is 4.16. The molecular weight excluding hydrogens is 347 g/mol. The van der Waals surface area contributed by atoms with Crippen molar-refractivity contribution in [3.8, 4) is 0 Å². The number of hydrogen-bond donors (Lipinski definition) is 0. The van der Waals surface area contributed by atoms with Crippen LogP contribution >= 0.6 is 30.9 Å². The Bertz CT molecular complexity index is 603. The van der Waals surface area contributed by atoms with E-state index in [9.17, 15) is 14.2 Å². The summed E-state index contributed by atoms with van der Waals surface area (Å²) in [4.78, 5) is 31.1. The summed E-state index contributed by atoms with van der Waals surface area (Å²) in [5.74, 6) is -0.703. The second kappa shape index (κ2) is 7.75. The molecule has 2 unspecified atom stereocenters. The van der Waals surface area contributed by atoms with Crippen LogP contribution < -0.4 is 0 Å². The summed E-state index contributed by atoms with van der Waals surface area (Å²) in [7, 11) is -2.69. The van der Waals surface area contributed by atoms with Crippen molar-refractivity contribution < 1.29 is 23.2 Å². The maximum Gasteiger partial charge on any atom is 0.699 e. The zero-order valence-corrected chi connectivity index (χ0v) is 14.2. The molecule has 0 aliphatic rings. The fourth-order valence-electron chi connectivity index (χ4n) is 1.51. The lowest BCUT2D eigenvalue weighted by Gasteiger charge is -2.05. The van der Waals surface area contributed by atoms with E-state index < -0.39 is 20.5 Å². The molecule has 10 heteroatoms. The molecule has 0 bridgehead atoms. The second-order valence-corrected chi connectivity index (χ2v) is 6.88. The number of Topliss-reactive ketones (excluding diaryl/α,β-unsaturated/α-hetero) is 2. The average molecular weight is 359 g/mol. The van der Waals surface area contributed by atoms with Crippen LogP contribution in [0.15, 0.2) is 23.2 Å². The number of ketones is 2. The quantitative estimate of drug-likeness (QED) is 0.668. The zero-order chi connectivity index (χ0) is 16.1. The Labute approximate surface area is 135 Å². The Balaban J connectivity index is 2.07. The van der Waals surface area contributed by atoms with E-state index in [0.29, 0.717) is 10.0 Å². The number of carbonyl (C=O) groups excluding carboxylic acids is 2. The first kappa shape index (κ1) is 17.0. The minimum Gasteiger partial charge on any atom is -0.296 e. The number of rotatable bonds is 8. The Hall–Kier alpha value is -1.38. The highest BCUT2D eigenvalue weighted by Crippen LogP contribution is 2.39. The molecule has 0 N–H and O–H groups in total. The first-order valence-electron chi connectivity index (χ1n) is 6.09. The van der Waals surface area contributed by atoms with Gasteiger partial charge in [-0.15, -0.1) is 31.7 Å². The maximum atomic E-state index is 12.0. The van der Waals surface area contributed by atoms with E-state index in [1.807, 2.05) is 0 Å². The molecule has 0 saturated heterocycles. The third-order valence-corrected chi connectivity index (χ3v) is 4.88. The number of thiazole rings is 2. The number of nitrogens with zero attached hydrogens (tertiary/aromatic N) is 2. The molecule has 0 aromatic carbocycles. The van der Waals surface area contributed by atoms with Crippen LogP contribution in [0, 0.1) is 0 Å². The summed E-state index contributed by atoms with van der Waals surface area (Å²) in [6, 6.07) is 0. The van der Waals surface area contributed by atoms with Crippen LogP contribution in [0.3, 0.4) is 0 Å². The molecule has 22 heavy (non-hydrogen) atoms. The topological polar surface area (TPSA) is 95.5 Å². The molecule has 0 amide bonds. The molecule has 7 nitrogen and oxygen atoms in total. The summed E-state index contributed by atoms with van der Waals surface area (Å²) in [6.07, 6.45) is 0.877. The molecule has 0 spiro atoms. The highest BCUT2D eigenvalue weighted by molar-refractivity contribution is 7.33. The Morgan fingerprint density at radius 2 is 1.41 bits per heavy atom. The lowest BCUT2D eigenvalue weighted by molar-refractivity contribution is -0.125. The van der Waals surface area contributed by atoms with Gasteiger partial charge >= 0.3 is 8.25 Å². The van der Waals surface area contributed by atoms with Crippen LogP contribution in [0.1, 0.15) is 36.1 Å². The smallest absolute Gasteiger partial charge is 0.296 e. The van der Waals surface area contributed by atoms with Gasteiger partial charge in [0.15, 0.2) is 11.6 Å². The van der Waals surface area contributed by atoms with E-state index in [4.69, 9.17) is 9.05 Å². The van der Waals surface area contributed by atoms with Crippen molar-refractivity contribution in [2.75, 3.05) is 0 Å². The summed E-state index contributed by atoms with van der Waals surface area (Å²) < 4.78 is 22.3. The van der Waals surface area contributed by atoms with E-state index in [0.717, 1.165) is 0 Å². The first-order valence-corrected chi connectivity index (χ1v) is 8.95. The number of hydrogen-bond acceptors (Lipinski definition) is 9. The summed E-state index contributed by atoms with van der Waals surface area (Å²) in [5, 5.41) is 4.12. The third-order valence-electron chi connectivity index (χ3n) is 2.47. The van der Waals surface area contributed by atoms with Gasteiger partial charge in [-0.1, -0.05) is 0 Å². The van der Waals surface area contributed by atoms with Crippen LogP contribution in [0.2, 0.25) is 0 Å². The highest BCUT2D eigenvalue weighted by Gasteiger charge is 2.39. The Morgan fingerprint density at radius 3 is 1.68 bits per heavy atom. The maximum absolute atomic E-state index is 12.0. The Morgan fingerprint density at radius 1 is 1.00 bits per heavy atom. The van der Waals surface area contributed by atoms with E-state index in [-0.39, 0.29) is 11.6 Å². The van der Waals surface area contributed by atoms with Crippen LogP contribution in [0.25, 0.3) is 0 Å². The number of carbonyl (C=O) groups is 2. The molecule has 2 aromatic rings. The Kier molecular flexibility index (Phi) is 5.98. The molecule has 0 fully saturated rings. The van der Waals surface area contributed by atoms with Crippen molar-refractivity contribution in [2.24, 2.45) is 0 Å². The minimum absolute atomic E-state index is 0.351. The molecule has 0 aliphatic heterocycles. The zero-order valence-electron chi connectivity index (χ0n) is 11.7. The molecule has 2 aromatic heterocycles. The van der Waals surface area contributed by atoms with Gasteiger partial charge in [0.2, 0.25) is 12.2 Å². The van der Waals surface area contributed by atoms with Gasteiger partial charge in [0, 0.05) is 27.7 Å². The minimum atomic E-state index is -2.69. The van der Waals surface area contributed by atoms with Gasteiger partial charge in [0.25, 0.3) is 0 Å². The van der Waals surface area contributed by atoms with E-state index >= 15 is 0 Å². The normalized spacial score (nSPS) is 14.4. The standard InChI is InChI=1S/C12H12N2O5PS2/c1-7(15)9(11-13-3-5-21-11)18-20(17)19-10(8(2)16)12-14-4-6-22-12/h3-6,9-10H,1-2H3/q+1. The number of aromatic nitrogens is 2. The summed E-state index contributed by atoms with van der Waals surface area (Å²) in [6.45, 7) is 2.61. The van der Waals surface area contributed by atoms with Gasteiger partial charge in [0.1, 0.15) is 10.0 Å². The van der Waals surface area contributed by atoms with Crippen molar-refractivity contribution >= 4 is 42.5 Å². The fraction of sp³-hybridized carbons (Fsp3) is 0.333. The van der Waals surface area contributed by atoms with Gasteiger partial charge in [-0.3, -0.25) is 9.59 Å². The molecule has 2 atom stereocenters. The summed E-state index contributed by atoms with van der Waals surface area (Å²) >= 11 is 2.41. The molecular formula is C12H12N2O5PS2+. The van der Waals surface area contributed by atoms with Crippen molar-refractivity contribution in [3.05, 3.63) is 33.2 Å². The first-order chi connectivity index (χ1) is 10.5. The van der Waals surface area contributed by atoms with Gasteiger partial charge in [-0.25, -0.2) is 9.97 Å². The van der Waals surface area contributed by atoms with Gasteiger partial charge in [0.05, 0.1) is 0 Å². The van der Waals surface area contributed by atoms with Crippen LogP contribution in [-0.4, -0.2) is 21.5 Å². The monoisotopic (exact) mass is 359 g/mol. The van der Waals surface area contributed by atoms with Crippen LogP contribution in [0.4, 0.5) is 0 Å². The van der Waals surface area contributed by atoms with Crippen molar-refractivity contribution in [2.45, 2.75) is 26.1 Å². The molecule has 116 valence electrons. The molecule has 0 radical (unpaired) electrons. The predicted octanol–water partition coefficient (Wildman–Crippen LogP) is 3.25. The lowest BCUT2D eigenvalue weighted by Crippen LogP contribution is -2.13. The van der Waals surface area contributed by atoms with Crippen LogP contribution in [-0.2, 0) is 23.2 Å². The van der Waals surface area contributed by atoms with E-state index in [2.05, 4.69) is 9.97 Å². The van der Waals surface area contributed by atoms with Crippen molar-refractivity contribution in [1.29, 1.82) is 0 Å². The van der Waals surface area contributed by atoms with E-state index in [1.54, 1.807) is 10.8 Å². The van der Waals surface area contributed by atoms with Gasteiger partial charge in [-0.2, -0.15) is 0 Å². The van der Waals surface area contributed by atoms with Crippen LogP contribution in [0.5, 0.6) is 0 Å². The average Bonchev–Trinajstić information content (AvgIpc) is 3.14. The van der Waals surface area contributed by atoms with Gasteiger partial charge < -0.3 is 0 Å². The molecule has 2 rings (SSSR count). The largest absolute Gasteiger partial charge is 0.699 e. The molecule has 0 aliphatic carbocycles. The third kappa shape index (κ3) is 4.31.